The summed E-state index contributed by atoms with van der Waals surface area (Å²) in [4.78, 5) is 10.00. The van der Waals surface area contributed by atoms with Gasteiger partial charge in [0.05, 0.1) is 0 Å². The Morgan fingerprint density at radius 1 is 1.45 bits per heavy atom. The topological polar surface area (TPSA) is 40.1 Å². The van der Waals surface area contributed by atoms with Crippen LogP contribution in [0.3, 0.4) is 0 Å². The molecule has 60 valence electrons. The van der Waals surface area contributed by atoms with Gasteiger partial charge in [0.15, 0.2) is 0 Å². The summed E-state index contributed by atoms with van der Waals surface area (Å²) < 4.78 is 0. The van der Waals surface area contributed by atoms with Crippen LogP contribution in [0.15, 0.2) is 0 Å². The van der Waals surface area contributed by atoms with Crippen LogP contribution in [0, 0.1) is 5.92 Å². The first kappa shape index (κ1) is 13.6. The summed E-state index contributed by atoms with van der Waals surface area (Å²) in [5.74, 6) is -0.397. The van der Waals surface area contributed by atoms with Gasteiger partial charge in [-0.1, -0.05) is 26.7 Å². The van der Waals surface area contributed by atoms with Crippen molar-refractivity contribution in [1.82, 2.24) is 0 Å². The van der Waals surface area contributed by atoms with Crippen LogP contribution in [0.25, 0.3) is 0 Å². The fraction of sp³-hybridized carbons (Fsp3) is 0.875. The van der Waals surface area contributed by atoms with Crippen LogP contribution >= 0.6 is 0 Å². The number of rotatable bonds is 5. The van der Waals surface area contributed by atoms with E-state index in [9.17, 15) is 9.90 Å². The van der Waals surface area contributed by atoms with E-state index in [-0.39, 0.29) is 25.3 Å². The zero-order chi connectivity index (χ0) is 7.98. The minimum absolute atomic E-state index is 0. The summed E-state index contributed by atoms with van der Waals surface area (Å²) in [6.45, 7) is 4.18. The van der Waals surface area contributed by atoms with Gasteiger partial charge in [0.25, 0.3) is 0 Å². The van der Waals surface area contributed by atoms with Gasteiger partial charge in [-0.25, -0.2) is 0 Å². The molecule has 0 aliphatic carbocycles. The van der Waals surface area contributed by atoms with Crippen LogP contribution in [0.4, 0.5) is 0 Å². The molecule has 0 aromatic rings. The Hall–Kier alpha value is 0.0674. The van der Waals surface area contributed by atoms with E-state index in [4.69, 9.17) is 0 Å². The molecule has 0 heterocycles. The molecule has 11 heavy (non-hydrogen) atoms. The number of hydrogen-bond acceptors (Lipinski definition) is 2. The molecule has 0 saturated heterocycles. The van der Waals surface area contributed by atoms with E-state index >= 15 is 0 Å². The molecule has 3 heteroatoms. The number of carboxylic acids is 1. The molecule has 0 fully saturated rings. The van der Waals surface area contributed by atoms with Crippen molar-refractivity contribution in [3.63, 3.8) is 0 Å². The van der Waals surface area contributed by atoms with E-state index in [1.165, 1.54) is 0 Å². The monoisotopic (exact) mass is 150 g/mol. The summed E-state index contributed by atoms with van der Waals surface area (Å²) >= 11 is 0. The van der Waals surface area contributed by atoms with Gasteiger partial charge in [-0.05, 0) is 18.8 Å². The van der Waals surface area contributed by atoms with Crippen molar-refractivity contribution >= 4 is 5.97 Å². The van der Waals surface area contributed by atoms with Crippen LogP contribution < -0.4 is 24.0 Å². The number of aliphatic carboxylic acids is 1. The summed E-state index contributed by atoms with van der Waals surface area (Å²) in [5, 5.41) is 10.00. The number of carboxylic acid groups (broad SMARTS) is 1. The van der Waals surface area contributed by atoms with E-state index in [0.717, 1.165) is 19.3 Å². The van der Waals surface area contributed by atoms with Crippen molar-refractivity contribution < 1.29 is 28.8 Å². The van der Waals surface area contributed by atoms with E-state index in [1.54, 1.807) is 0 Å². The van der Waals surface area contributed by atoms with Crippen LogP contribution in [-0.2, 0) is 4.79 Å². The molecule has 0 rings (SSSR count). The standard InChI is InChI=1S/C8H16O2.Li/c1-3-4-7(2)5-6-8(9)10;/h7H,3-6H2,1-2H3,(H,9,10);/q;+1/p-1. The molecule has 0 N–H and O–H groups in total. The number of carbonyl (C=O) groups is 1. The van der Waals surface area contributed by atoms with Gasteiger partial charge in [-0.2, -0.15) is 0 Å². The quantitative estimate of drug-likeness (QED) is 0.423. The maximum Gasteiger partial charge on any atom is 1.00 e. The largest absolute Gasteiger partial charge is 1.00 e. The Kier molecular flexibility index (Phi) is 10.1. The van der Waals surface area contributed by atoms with Crippen molar-refractivity contribution in [1.29, 1.82) is 0 Å². The normalized spacial score (nSPS) is 11.8. The molecule has 0 bridgehead atoms. The van der Waals surface area contributed by atoms with Gasteiger partial charge in [0.1, 0.15) is 0 Å². The molecule has 1 atom stereocenters. The number of hydrogen-bond donors (Lipinski definition) is 0. The minimum Gasteiger partial charge on any atom is -0.550 e. The molecular formula is C8H15LiO2. The third kappa shape index (κ3) is 10.1. The van der Waals surface area contributed by atoms with Gasteiger partial charge in [0, 0.05) is 5.97 Å². The molecule has 2 nitrogen and oxygen atoms in total. The van der Waals surface area contributed by atoms with Crippen LogP contribution in [0.1, 0.15) is 39.5 Å². The Labute approximate surface area is 80.5 Å². The third-order valence-electron chi connectivity index (χ3n) is 1.62. The fourth-order valence-electron chi connectivity index (χ4n) is 1.00. The molecule has 0 spiro atoms. The predicted molar refractivity (Wildman–Crippen MR) is 38.3 cm³/mol. The van der Waals surface area contributed by atoms with Crippen LogP contribution in [0.5, 0.6) is 0 Å². The SMILES string of the molecule is CCCC(C)CCC(=O)[O-].[Li+]. The van der Waals surface area contributed by atoms with Gasteiger partial charge >= 0.3 is 18.9 Å². The van der Waals surface area contributed by atoms with E-state index in [2.05, 4.69) is 13.8 Å². The van der Waals surface area contributed by atoms with Gasteiger partial charge < -0.3 is 9.90 Å². The van der Waals surface area contributed by atoms with Gasteiger partial charge in [-0.15, -0.1) is 0 Å². The fourth-order valence-corrected chi connectivity index (χ4v) is 1.00. The summed E-state index contributed by atoms with van der Waals surface area (Å²) in [6, 6.07) is 0. The number of carbonyl (C=O) groups excluding carboxylic acids is 1. The van der Waals surface area contributed by atoms with Crippen molar-refractivity contribution in [2.75, 3.05) is 0 Å². The summed E-state index contributed by atoms with van der Waals surface area (Å²) in [5.41, 5.74) is 0. The third-order valence-corrected chi connectivity index (χ3v) is 1.62. The van der Waals surface area contributed by atoms with Crippen LogP contribution in [-0.4, -0.2) is 5.97 Å². The molecular weight excluding hydrogens is 135 g/mol. The van der Waals surface area contributed by atoms with Crippen LogP contribution in [0.2, 0.25) is 0 Å². The Bertz CT molecular complexity index is 104. The van der Waals surface area contributed by atoms with E-state index in [1.807, 2.05) is 0 Å². The molecule has 0 aliphatic heterocycles. The molecule has 0 aromatic heterocycles. The second-order valence-electron chi connectivity index (χ2n) is 2.80. The predicted octanol–water partition coefficient (Wildman–Crippen LogP) is -2.04. The maximum absolute atomic E-state index is 10.00. The Morgan fingerprint density at radius 2 is 2.00 bits per heavy atom. The first-order valence-electron chi connectivity index (χ1n) is 3.86. The molecule has 1 unspecified atom stereocenters. The van der Waals surface area contributed by atoms with E-state index in [0.29, 0.717) is 5.92 Å². The zero-order valence-electron chi connectivity index (χ0n) is 7.72. The van der Waals surface area contributed by atoms with Crippen molar-refractivity contribution in [3.05, 3.63) is 0 Å². The molecule has 0 aromatic carbocycles. The average molecular weight is 150 g/mol. The van der Waals surface area contributed by atoms with Crippen molar-refractivity contribution in [2.24, 2.45) is 5.92 Å². The Balaban J connectivity index is 0. The zero-order valence-corrected chi connectivity index (χ0v) is 7.72. The summed E-state index contributed by atoms with van der Waals surface area (Å²) in [7, 11) is 0. The van der Waals surface area contributed by atoms with Gasteiger partial charge in [0.2, 0.25) is 0 Å². The first-order chi connectivity index (χ1) is 4.66. The molecule has 0 radical (unpaired) electrons. The van der Waals surface area contributed by atoms with E-state index < -0.39 is 5.97 Å². The molecule has 0 saturated carbocycles. The molecule has 0 aliphatic rings. The smallest absolute Gasteiger partial charge is 0.550 e. The minimum atomic E-state index is -0.928. The first-order valence-corrected chi connectivity index (χ1v) is 3.86. The van der Waals surface area contributed by atoms with Crippen molar-refractivity contribution in [2.45, 2.75) is 39.5 Å². The Morgan fingerprint density at radius 3 is 2.36 bits per heavy atom. The second-order valence-corrected chi connectivity index (χ2v) is 2.80. The summed E-state index contributed by atoms with van der Waals surface area (Å²) in [6.07, 6.45) is 3.22. The second kappa shape index (κ2) is 8.17. The van der Waals surface area contributed by atoms with Gasteiger partial charge in [-0.3, -0.25) is 0 Å². The molecule has 0 amide bonds. The van der Waals surface area contributed by atoms with Crippen molar-refractivity contribution in [3.8, 4) is 0 Å². The maximum atomic E-state index is 10.00. The average Bonchev–Trinajstić information content (AvgIpc) is 1.85.